The molecule has 0 aromatic rings. The fourth-order valence-corrected chi connectivity index (χ4v) is 3.06. The standard InChI is InChI=1S/C14H27N/c1-11(2)9-15-10-14(3,13-7-8-13)12-5-4-6-12/h11-13,15H,4-10H2,1-3H3. The Balaban J connectivity index is 1.82. The van der Waals surface area contributed by atoms with E-state index in [1.54, 1.807) is 0 Å². The number of hydrogen-bond acceptors (Lipinski definition) is 1. The van der Waals surface area contributed by atoms with Crippen LogP contribution in [0.25, 0.3) is 0 Å². The molecule has 0 amide bonds. The highest BCUT2D eigenvalue weighted by molar-refractivity contribution is 4.99. The lowest BCUT2D eigenvalue weighted by atomic mass is 9.63. The molecule has 1 atom stereocenters. The molecule has 2 fully saturated rings. The van der Waals surface area contributed by atoms with Crippen molar-refractivity contribution < 1.29 is 0 Å². The van der Waals surface area contributed by atoms with Crippen LogP contribution in [0.1, 0.15) is 52.9 Å². The summed E-state index contributed by atoms with van der Waals surface area (Å²) in [7, 11) is 0. The van der Waals surface area contributed by atoms with E-state index in [0.29, 0.717) is 5.41 Å². The molecule has 88 valence electrons. The van der Waals surface area contributed by atoms with Crippen molar-refractivity contribution in [1.82, 2.24) is 5.32 Å². The van der Waals surface area contributed by atoms with Gasteiger partial charge < -0.3 is 5.32 Å². The molecule has 0 aliphatic heterocycles. The number of nitrogens with one attached hydrogen (secondary N) is 1. The predicted octanol–water partition coefficient (Wildman–Crippen LogP) is 3.45. The van der Waals surface area contributed by atoms with Crippen LogP contribution in [0.3, 0.4) is 0 Å². The van der Waals surface area contributed by atoms with Crippen LogP contribution in [0.15, 0.2) is 0 Å². The van der Waals surface area contributed by atoms with E-state index in [0.717, 1.165) is 17.8 Å². The Hall–Kier alpha value is -0.0400. The molecule has 2 aliphatic carbocycles. The van der Waals surface area contributed by atoms with Gasteiger partial charge in [-0.2, -0.15) is 0 Å². The second kappa shape index (κ2) is 4.45. The first-order valence-corrected chi connectivity index (χ1v) is 6.83. The first-order valence-electron chi connectivity index (χ1n) is 6.83. The molecule has 2 aliphatic rings. The van der Waals surface area contributed by atoms with Gasteiger partial charge in [0.05, 0.1) is 0 Å². The monoisotopic (exact) mass is 209 g/mol. The highest BCUT2D eigenvalue weighted by Gasteiger charge is 2.47. The molecule has 0 spiro atoms. The molecular weight excluding hydrogens is 182 g/mol. The van der Waals surface area contributed by atoms with Gasteiger partial charge in [0.2, 0.25) is 0 Å². The quantitative estimate of drug-likeness (QED) is 0.706. The van der Waals surface area contributed by atoms with Gasteiger partial charge in [0.1, 0.15) is 0 Å². The zero-order chi connectivity index (χ0) is 10.9. The van der Waals surface area contributed by atoms with E-state index >= 15 is 0 Å². The van der Waals surface area contributed by atoms with E-state index in [9.17, 15) is 0 Å². The van der Waals surface area contributed by atoms with E-state index in [1.807, 2.05) is 0 Å². The van der Waals surface area contributed by atoms with Gasteiger partial charge in [0, 0.05) is 6.54 Å². The van der Waals surface area contributed by atoms with Crippen molar-refractivity contribution in [1.29, 1.82) is 0 Å². The summed E-state index contributed by atoms with van der Waals surface area (Å²) in [5, 5.41) is 3.70. The largest absolute Gasteiger partial charge is 0.316 e. The molecule has 0 saturated heterocycles. The van der Waals surface area contributed by atoms with Crippen LogP contribution in [0.4, 0.5) is 0 Å². The Bertz CT molecular complexity index is 203. The molecule has 1 N–H and O–H groups in total. The lowest BCUT2D eigenvalue weighted by Gasteiger charge is -2.44. The summed E-state index contributed by atoms with van der Waals surface area (Å²) in [5.74, 6) is 2.86. The SMILES string of the molecule is CC(C)CNCC(C)(C1CCC1)C1CC1. The van der Waals surface area contributed by atoms with Crippen LogP contribution in [0.5, 0.6) is 0 Å². The zero-order valence-electron chi connectivity index (χ0n) is 10.7. The van der Waals surface area contributed by atoms with Crippen molar-refractivity contribution in [3.8, 4) is 0 Å². The lowest BCUT2D eigenvalue weighted by molar-refractivity contribution is 0.0753. The maximum absolute atomic E-state index is 3.70. The fraction of sp³-hybridized carbons (Fsp3) is 1.00. The minimum Gasteiger partial charge on any atom is -0.316 e. The Morgan fingerprint density at radius 2 is 1.73 bits per heavy atom. The predicted molar refractivity (Wildman–Crippen MR) is 65.9 cm³/mol. The van der Waals surface area contributed by atoms with Gasteiger partial charge in [-0.1, -0.05) is 27.2 Å². The third-order valence-electron chi connectivity index (χ3n) is 4.61. The summed E-state index contributed by atoms with van der Waals surface area (Å²) in [6, 6.07) is 0. The van der Waals surface area contributed by atoms with E-state index in [-0.39, 0.29) is 0 Å². The van der Waals surface area contributed by atoms with Crippen molar-refractivity contribution in [3.05, 3.63) is 0 Å². The normalized spacial score (nSPS) is 26.4. The average Bonchev–Trinajstić information content (AvgIpc) is 2.80. The molecule has 0 aromatic heterocycles. The summed E-state index contributed by atoms with van der Waals surface area (Å²) >= 11 is 0. The van der Waals surface area contributed by atoms with Crippen molar-refractivity contribution in [2.24, 2.45) is 23.2 Å². The van der Waals surface area contributed by atoms with Crippen LogP contribution >= 0.6 is 0 Å². The molecule has 0 heterocycles. The van der Waals surface area contributed by atoms with Crippen molar-refractivity contribution >= 4 is 0 Å². The summed E-state index contributed by atoms with van der Waals surface area (Å²) < 4.78 is 0. The van der Waals surface area contributed by atoms with E-state index in [4.69, 9.17) is 0 Å². The Morgan fingerprint density at radius 3 is 2.13 bits per heavy atom. The van der Waals surface area contributed by atoms with Gasteiger partial charge in [-0.25, -0.2) is 0 Å². The lowest BCUT2D eigenvalue weighted by Crippen LogP contribution is -2.43. The second-order valence-electron chi connectivity index (χ2n) is 6.43. The minimum absolute atomic E-state index is 0.632. The topological polar surface area (TPSA) is 12.0 Å². The molecule has 2 rings (SSSR count). The zero-order valence-corrected chi connectivity index (χ0v) is 10.7. The molecule has 0 bridgehead atoms. The number of rotatable bonds is 6. The molecule has 0 aromatic carbocycles. The first kappa shape index (κ1) is 11.4. The average molecular weight is 209 g/mol. The highest BCUT2D eigenvalue weighted by atomic mass is 14.9. The van der Waals surface area contributed by atoms with Gasteiger partial charge in [0.25, 0.3) is 0 Å². The van der Waals surface area contributed by atoms with Crippen LogP contribution in [0.2, 0.25) is 0 Å². The van der Waals surface area contributed by atoms with Crippen LogP contribution in [-0.4, -0.2) is 13.1 Å². The minimum atomic E-state index is 0.632. The summed E-state index contributed by atoms with van der Waals surface area (Å²) in [6.07, 6.45) is 7.47. The molecule has 1 heteroatoms. The molecular formula is C14H27N. The third kappa shape index (κ3) is 2.55. The van der Waals surface area contributed by atoms with Gasteiger partial charge in [-0.05, 0) is 55.4 Å². The van der Waals surface area contributed by atoms with Crippen molar-refractivity contribution in [2.45, 2.75) is 52.9 Å². The van der Waals surface area contributed by atoms with Crippen LogP contribution in [0, 0.1) is 23.2 Å². The molecule has 1 nitrogen and oxygen atoms in total. The molecule has 0 radical (unpaired) electrons. The summed E-state index contributed by atoms with van der Waals surface area (Å²) in [5.41, 5.74) is 0.632. The first-order chi connectivity index (χ1) is 7.13. The Morgan fingerprint density at radius 1 is 1.13 bits per heavy atom. The summed E-state index contributed by atoms with van der Waals surface area (Å²) in [6.45, 7) is 9.59. The van der Waals surface area contributed by atoms with Crippen LogP contribution in [-0.2, 0) is 0 Å². The number of hydrogen-bond donors (Lipinski definition) is 1. The van der Waals surface area contributed by atoms with Gasteiger partial charge >= 0.3 is 0 Å². The maximum atomic E-state index is 3.70. The highest BCUT2D eigenvalue weighted by Crippen LogP contribution is 2.55. The molecule has 2 saturated carbocycles. The van der Waals surface area contributed by atoms with Gasteiger partial charge in [-0.3, -0.25) is 0 Å². The van der Waals surface area contributed by atoms with Crippen LogP contribution < -0.4 is 5.32 Å². The van der Waals surface area contributed by atoms with Crippen molar-refractivity contribution in [2.75, 3.05) is 13.1 Å². The summed E-state index contributed by atoms with van der Waals surface area (Å²) in [4.78, 5) is 0. The molecule has 15 heavy (non-hydrogen) atoms. The van der Waals surface area contributed by atoms with Gasteiger partial charge in [-0.15, -0.1) is 0 Å². The maximum Gasteiger partial charge on any atom is 0.00106 e. The molecule has 1 unspecified atom stereocenters. The van der Waals surface area contributed by atoms with Crippen molar-refractivity contribution in [3.63, 3.8) is 0 Å². The Kier molecular flexibility index (Phi) is 3.39. The Labute approximate surface area is 95.0 Å². The third-order valence-corrected chi connectivity index (χ3v) is 4.61. The van der Waals surface area contributed by atoms with Gasteiger partial charge in [0.15, 0.2) is 0 Å². The van der Waals surface area contributed by atoms with E-state index in [1.165, 1.54) is 45.2 Å². The van der Waals surface area contributed by atoms with E-state index < -0.39 is 0 Å². The fourth-order valence-electron chi connectivity index (χ4n) is 3.06. The second-order valence-corrected chi connectivity index (χ2v) is 6.43. The smallest absolute Gasteiger partial charge is 0.00106 e. The van der Waals surface area contributed by atoms with E-state index in [2.05, 4.69) is 26.1 Å².